The van der Waals surface area contributed by atoms with Crippen LogP contribution in [0, 0.1) is 0 Å². The van der Waals surface area contributed by atoms with Gasteiger partial charge in [0.25, 0.3) is 0 Å². The fourth-order valence-corrected chi connectivity index (χ4v) is 1.71. The zero-order valence-electron chi connectivity index (χ0n) is 7.49. The second-order valence-electron chi connectivity index (χ2n) is 3.49. The molecule has 0 radical (unpaired) electrons. The van der Waals surface area contributed by atoms with Crippen molar-refractivity contribution in [2.45, 2.75) is 31.8 Å². The van der Waals surface area contributed by atoms with Crippen molar-refractivity contribution in [2.75, 3.05) is 0 Å². The van der Waals surface area contributed by atoms with Crippen molar-refractivity contribution in [1.82, 2.24) is 10.5 Å². The van der Waals surface area contributed by atoms with Crippen LogP contribution in [-0.4, -0.2) is 17.0 Å². The Kier molecular flexibility index (Phi) is 2.14. The Balaban J connectivity index is 2.12. The van der Waals surface area contributed by atoms with Crippen LogP contribution in [0.3, 0.4) is 0 Å². The predicted molar refractivity (Wildman–Crippen MR) is 46.1 cm³/mol. The molecule has 0 bridgehead atoms. The minimum Gasteiger partial charge on any atom is -0.364 e. The summed E-state index contributed by atoms with van der Waals surface area (Å²) >= 11 is 0. The molecule has 1 aromatic rings. The van der Waals surface area contributed by atoms with Gasteiger partial charge in [-0.1, -0.05) is 5.16 Å². The number of carbonyl (C=O) groups excluding carboxylic acids is 1. The molecule has 4 nitrogen and oxygen atoms in total. The number of piperidine rings is 1. The van der Waals surface area contributed by atoms with E-state index < -0.39 is 0 Å². The van der Waals surface area contributed by atoms with Crippen molar-refractivity contribution in [1.29, 1.82) is 0 Å². The molecule has 2 rings (SSSR count). The highest BCUT2D eigenvalue weighted by Gasteiger charge is 2.26. The van der Waals surface area contributed by atoms with E-state index in [1.165, 1.54) is 6.26 Å². The Morgan fingerprint density at radius 3 is 3.08 bits per heavy atom. The molecular weight excluding hydrogens is 168 g/mol. The van der Waals surface area contributed by atoms with Crippen molar-refractivity contribution in [3.05, 3.63) is 18.0 Å². The van der Waals surface area contributed by atoms with Gasteiger partial charge in [-0.05, 0) is 6.92 Å². The van der Waals surface area contributed by atoms with Crippen molar-refractivity contribution < 1.29 is 9.32 Å². The third-order valence-electron chi connectivity index (χ3n) is 2.27. The first kappa shape index (κ1) is 8.44. The van der Waals surface area contributed by atoms with Crippen LogP contribution in [0.1, 0.15) is 31.5 Å². The number of hydrogen-bond acceptors (Lipinski definition) is 4. The minimum absolute atomic E-state index is 0.0370. The number of nitrogens with zero attached hydrogens (tertiary/aromatic N) is 1. The Labute approximate surface area is 76.3 Å². The summed E-state index contributed by atoms with van der Waals surface area (Å²) in [5, 5.41) is 7.12. The average Bonchev–Trinajstić information content (AvgIpc) is 2.53. The van der Waals surface area contributed by atoms with Crippen molar-refractivity contribution in [3.63, 3.8) is 0 Å². The third-order valence-corrected chi connectivity index (χ3v) is 2.27. The van der Waals surface area contributed by atoms with Gasteiger partial charge in [-0.25, -0.2) is 0 Å². The maximum atomic E-state index is 11.3. The third kappa shape index (κ3) is 1.78. The summed E-state index contributed by atoms with van der Waals surface area (Å²) in [6.45, 7) is 2.00. The zero-order chi connectivity index (χ0) is 9.26. The lowest BCUT2D eigenvalue weighted by Crippen LogP contribution is -2.38. The molecule has 1 saturated heterocycles. The fourth-order valence-electron chi connectivity index (χ4n) is 1.71. The molecule has 2 heterocycles. The van der Waals surface area contributed by atoms with E-state index in [4.69, 9.17) is 4.52 Å². The van der Waals surface area contributed by atoms with Gasteiger partial charge in [0, 0.05) is 24.9 Å². The van der Waals surface area contributed by atoms with E-state index in [9.17, 15) is 4.79 Å². The highest BCUT2D eigenvalue weighted by atomic mass is 16.5. The number of hydrogen-bond donors (Lipinski definition) is 1. The average molecular weight is 180 g/mol. The molecule has 70 valence electrons. The van der Waals surface area contributed by atoms with Gasteiger partial charge in [0.2, 0.25) is 0 Å². The first-order chi connectivity index (χ1) is 6.25. The van der Waals surface area contributed by atoms with Crippen molar-refractivity contribution in [3.8, 4) is 0 Å². The van der Waals surface area contributed by atoms with Crippen LogP contribution in [0.4, 0.5) is 0 Å². The number of nitrogens with one attached hydrogen (secondary N) is 1. The van der Waals surface area contributed by atoms with Crippen LogP contribution in [0.5, 0.6) is 0 Å². The number of rotatable bonds is 1. The van der Waals surface area contributed by atoms with Crippen LogP contribution in [0.2, 0.25) is 0 Å². The summed E-state index contributed by atoms with van der Waals surface area (Å²) in [5.74, 6) is 0.291. The molecule has 0 aliphatic carbocycles. The van der Waals surface area contributed by atoms with Gasteiger partial charge in [0.15, 0.2) is 0 Å². The number of Topliss-reactive ketones (excluding diaryl/α,β-unsaturated/α-hetero) is 1. The van der Waals surface area contributed by atoms with Crippen LogP contribution in [0.25, 0.3) is 0 Å². The van der Waals surface area contributed by atoms with E-state index in [0.717, 1.165) is 5.69 Å². The maximum absolute atomic E-state index is 11.3. The normalized spacial score (nSPS) is 29.2. The molecule has 4 heteroatoms. The van der Waals surface area contributed by atoms with E-state index in [0.29, 0.717) is 18.6 Å². The monoisotopic (exact) mass is 180 g/mol. The van der Waals surface area contributed by atoms with Crippen LogP contribution in [0.15, 0.2) is 16.9 Å². The number of aromatic nitrogens is 1. The minimum atomic E-state index is 0.0370. The van der Waals surface area contributed by atoms with E-state index in [1.54, 1.807) is 6.07 Å². The van der Waals surface area contributed by atoms with Crippen molar-refractivity contribution in [2.24, 2.45) is 0 Å². The standard InChI is InChI=1S/C9H12N2O2/c1-6-4-7(12)5-9(10-6)8-2-3-13-11-8/h2-3,6,9-10H,4-5H2,1H3. The quantitative estimate of drug-likeness (QED) is 0.702. The summed E-state index contributed by atoms with van der Waals surface area (Å²) in [4.78, 5) is 11.3. The topological polar surface area (TPSA) is 55.1 Å². The van der Waals surface area contributed by atoms with Crippen molar-refractivity contribution >= 4 is 5.78 Å². The molecule has 0 amide bonds. The number of carbonyl (C=O) groups is 1. The summed E-state index contributed by atoms with van der Waals surface area (Å²) in [6.07, 6.45) is 2.67. The molecule has 13 heavy (non-hydrogen) atoms. The maximum Gasteiger partial charge on any atom is 0.136 e. The first-order valence-electron chi connectivity index (χ1n) is 4.43. The molecule has 0 aromatic carbocycles. The molecular formula is C9H12N2O2. The first-order valence-corrected chi connectivity index (χ1v) is 4.43. The highest BCUT2D eigenvalue weighted by molar-refractivity contribution is 5.80. The Bertz CT molecular complexity index is 295. The molecule has 1 fully saturated rings. The summed E-state index contributed by atoms with van der Waals surface area (Å²) < 4.78 is 4.74. The van der Waals surface area contributed by atoms with Crippen LogP contribution >= 0.6 is 0 Å². The predicted octanol–water partition coefficient (Wildman–Crippen LogP) is 1.06. The van der Waals surface area contributed by atoms with E-state index in [1.807, 2.05) is 6.92 Å². The van der Waals surface area contributed by atoms with Crippen LogP contribution in [-0.2, 0) is 4.79 Å². The molecule has 2 unspecified atom stereocenters. The molecule has 2 atom stereocenters. The second-order valence-corrected chi connectivity index (χ2v) is 3.49. The Morgan fingerprint density at radius 1 is 1.62 bits per heavy atom. The van der Waals surface area contributed by atoms with Gasteiger partial charge < -0.3 is 9.84 Å². The SMILES string of the molecule is CC1CC(=O)CC(c2ccon2)N1. The van der Waals surface area contributed by atoms with E-state index >= 15 is 0 Å². The smallest absolute Gasteiger partial charge is 0.136 e. The van der Waals surface area contributed by atoms with Gasteiger partial charge in [-0.15, -0.1) is 0 Å². The Morgan fingerprint density at radius 2 is 2.46 bits per heavy atom. The van der Waals surface area contributed by atoms with Gasteiger partial charge in [0.1, 0.15) is 17.7 Å². The molecule has 1 aromatic heterocycles. The summed E-state index contributed by atoms with van der Waals surface area (Å²) in [7, 11) is 0. The fraction of sp³-hybridized carbons (Fsp3) is 0.556. The zero-order valence-corrected chi connectivity index (χ0v) is 7.49. The Hall–Kier alpha value is -1.16. The lowest BCUT2D eigenvalue weighted by molar-refractivity contribution is -0.121. The molecule has 0 spiro atoms. The molecule has 1 N–H and O–H groups in total. The largest absolute Gasteiger partial charge is 0.364 e. The van der Waals surface area contributed by atoms with Gasteiger partial charge in [-0.2, -0.15) is 0 Å². The lowest BCUT2D eigenvalue weighted by atomic mass is 9.96. The van der Waals surface area contributed by atoms with E-state index in [2.05, 4.69) is 10.5 Å². The second kappa shape index (κ2) is 3.30. The highest BCUT2D eigenvalue weighted by Crippen LogP contribution is 2.21. The van der Waals surface area contributed by atoms with Gasteiger partial charge in [0.05, 0.1) is 6.04 Å². The molecule has 1 aliphatic heterocycles. The summed E-state index contributed by atoms with van der Waals surface area (Å²) in [5.41, 5.74) is 0.819. The molecule has 1 aliphatic rings. The van der Waals surface area contributed by atoms with Crippen LogP contribution < -0.4 is 5.32 Å². The molecule has 0 saturated carbocycles. The summed E-state index contributed by atoms with van der Waals surface area (Å²) in [6, 6.07) is 2.07. The number of ketones is 1. The lowest BCUT2D eigenvalue weighted by Gasteiger charge is -2.26. The van der Waals surface area contributed by atoms with Gasteiger partial charge >= 0.3 is 0 Å². The van der Waals surface area contributed by atoms with Gasteiger partial charge in [-0.3, -0.25) is 4.79 Å². The van der Waals surface area contributed by atoms with E-state index in [-0.39, 0.29) is 12.1 Å².